The number of hydrogen-bond donors (Lipinski definition) is 1. The normalized spacial score (nSPS) is 7.00. The molecule has 0 saturated heterocycles. The van der Waals surface area contributed by atoms with Gasteiger partial charge in [0.1, 0.15) is 5.82 Å². The summed E-state index contributed by atoms with van der Waals surface area (Å²) in [5.74, 6) is 1.06. The van der Waals surface area contributed by atoms with Crippen molar-refractivity contribution in [2.45, 2.75) is 6.92 Å². The van der Waals surface area contributed by atoms with Crippen LogP contribution in [0.5, 0.6) is 0 Å². The Bertz CT molecular complexity index is 272. The van der Waals surface area contributed by atoms with Crippen molar-refractivity contribution in [1.82, 2.24) is 14.9 Å². The number of nitrogens with zero attached hydrogens (tertiary/aromatic N) is 4. The van der Waals surface area contributed by atoms with E-state index in [1.54, 1.807) is 11.5 Å². The van der Waals surface area contributed by atoms with Crippen molar-refractivity contribution < 1.29 is 0 Å². The summed E-state index contributed by atoms with van der Waals surface area (Å²) in [4.78, 5) is 3.98. The Morgan fingerprint density at radius 1 is 1.50 bits per heavy atom. The van der Waals surface area contributed by atoms with Crippen LogP contribution in [-0.2, 0) is 7.05 Å². The van der Waals surface area contributed by atoms with Crippen LogP contribution in [0.3, 0.4) is 0 Å². The molecule has 0 spiro atoms. The fourth-order valence-corrected chi connectivity index (χ4v) is 0.465. The van der Waals surface area contributed by atoms with Gasteiger partial charge in [-0.05, 0) is 6.92 Å². The summed E-state index contributed by atoms with van der Waals surface area (Å²) in [6.45, 7) is 1.97. The van der Waals surface area contributed by atoms with Gasteiger partial charge in [0.25, 0.3) is 0 Å². The van der Waals surface area contributed by atoms with Crippen LogP contribution < -0.4 is 5.32 Å². The van der Waals surface area contributed by atoms with Gasteiger partial charge in [0.15, 0.2) is 12.4 Å². The van der Waals surface area contributed by atoms with Gasteiger partial charge in [0.05, 0.1) is 0 Å². The van der Waals surface area contributed by atoms with Crippen LogP contribution in [0.15, 0.2) is 12.4 Å². The predicted molar refractivity (Wildman–Crippen MR) is 42.3 cm³/mol. The minimum absolute atomic E-state index is 1.06. The maximum atomic E-state index is 7.48. The van der Waals surface area contributed by atoms with Crippen molar-refractivity contribution in [1.29, 1.82) is 10.5 Å². The molecule has 0 aliphatic rings. The SMILES string of the molecule is Cc1nccn1C.N#CNC#N. The van der Waals surface area contributed by atoms with Crippen LogP contribution in [0, 0.1) is 29.8 Å². The zero-order valence-corrected chi connectivity index (χ0v) is 6.94. The Balaban J connectivity index is 0.000000217. The first-order valence-corrected chi connectivity index (χ1v) is 3.19. The van der Waals surface area contributed by atoms with Gasteiger partial charge in [0.2, 0.25) is 0 Å². The second kappa shape index (κ2) is 5.75. The van der Waals surface area contributed by atoms with E-state index in [1.807, 2.05) is 24.7 Å². The van der Waals surface area contributed by atoms with Gasteiger partial charge in [-0.1, -0.05) is 0 Å². The van der Waals surface area contributed by atoms with Crippen molar-refractivity contribution in [3.8, 4) is 12.4 Å². The average Bonchev–Trinajstić information content (AvgIpc) is 2.39. The van der Waals surface area contributed by atoms with Crippen LogP contribution in [0.4, 0.5) is 0 Å². The van der Waals surface area contributed by atoms with Crippen LogP contribution >= 0.6 is 0 Å². The lowest BCUT2D eigenvalue weighted by atomic mass is 10.7. The first-order valence-electron chi connectivity index (χ1n) is 3.19. The molecule has 5 nitrogen and oxygen atoms in total. The molecule has 0 aromatic carbocycles. The molecule has 0 radical (unpaired) electrons. The summed E-state index contributed by atoms with van der Waals surface area (Å²) < 4.78 is 1.97. The van der Waals surface area contributed by atoms with Crippen LogP contribution in [0.1, 0.15) is 5.82 Å². The molecule has 12 heavy (non-hydrogen) atoms. The third-order valence-corrected chi connectivity index (χ3v) is 1.17. The number of hydrogen-bond acceptors (Lipinski definition) is 4. The maximum absolute atomic E-state index is 7.48. The lowest BCUT2D eigenvalue weighted by Gasteiger charge is -1.87. The van der Waals surface area contributed by atoms with Crippen LogP contribution in [0.25, 0.3) is 0 Å². The molecule has 0 unspecified atom stereocenters. The van der Waals surface area contributed by atoms with E-state index in [-0.39, 0.29) is 0 Å². The summed E-state index contributed by atoms with van der Waals surface area (Å²) >= 11 is 0. The van der Waals surface area contributed by atoms with Gasteiger partial charge in [-0.25, -0.2) is 10.3 Å². The molecule has 1 aromatic heterocycles. The molecular weight excluding hydrogens is 154 g/mol. The van der Waals surface area contributed by atoms with Gasteiger partial charge in [-0.3, -0.25) is 0 Å². The number of aromatic nitrogens is 2. The van der Waals surface area contributed by atoms with E-state index in [4.69, 9.17) is 10.5 Å². The van der Waals surface area contributed by atoms with Crippen LogP contribution in [-0.4, -0.2) is 9.55 Å². The number of nitrogens with one attached hydrogen (secondary N) is 1. The molecular formula is C7H9N5. The number of nitriles is 2. The van der Waals surface area contributed by atoms with Crippen molar-refractivity contribution in [2.75, 3.05) is 0 Å². The van der Waals surface area contributed by atoms with E-state index in [2.05, 4.69) is 4.98 Å². The zero-order valence-electron chi connectivity index (χ0n) is 6.94. The molecule has 1 heterocycles. The molecule has 0 bridgehead atoms. The molecule has 0 saturated carbocycles. The molecule has 5 heteroatoms. The lowest BCUT2D eigenvalue weighted by molar-refractivity contribution is 0.858. The highest BCUT2D eigenvalue weighted by atomic mass is 15.0. The number of aryl methyl sites for hydroxylation is 2. The van der Waals surface area contributed by atoms with Gasteiger partial charge in [-0.2, -0.15) is 10.5 Å². The highest BCUT2D eigenvalue weighted by Crippen LogP contribution is 1.86. The highest BCUT2D eigenvalue weighted by molar-refractivity contribution is 4.85. The lowest BCUT2D eigenvalue weighted by Crippen LogP contribution is -1.88. The largest absolute Gasteiger partial charge is 0.338 e. The fraction of sp³-hybridized carbons (Fsp3) is 0.286. The molecule has 1 N–H and O–H groups in total. The quantitative estimate of drug-likeness (QED) is 0.439. The van der Waals surface area contributed by atoms with Gasteiger partial charge < -0.3 is 4.57 Å². The first kappa shape index (κ1) is 9.99. The van der Waals surface area contributed by atoms with E-state index in [9.17, 15) is 0 Å². The Labute approximate surface area is 70.9 Å². The predicted octanol–water partition coefficient (Wildman–Crippen LogP) is 0.267. The van der Waals surface area contributed by atoms with Crippen molar-refractivity contribution in [3.05, 3.63) is 18.2 Å². The molecule has 0 aliphatic heterocycles. The first-order chi connectivity index (χ1) is 5.72. The smallest absolute Gasteiger partial charge is 0.190 e. The maximum Gasteiger partial charge on any atom is 0.190 e. The second-order valence-electron chi connectivity index (χ2n) is 1.93. The zero-order chi connectivity index (χ0) is 9.40. The summed E-state index contributed by atoms with van der Waals surface area (Å²) in [5, 5.41) is 16.7. The molecule has 0 atom stereocenters. The van der Waals surface area contributed by atoms with Crippen LogP contribution in [0.2, 0.25) is 0 Å². The van der Waals surface area contributed by atoms with Crippen molar-refractivity contribution in [3.63, 3.8) is 0 Å². The number of rotatable bonds is 0. The average molecular weight is 163 g/mol. The van der Waals surface area contributed by atoms with E-state index >= 15 is 0 Å². The minimum Gasteiger partial charge on any atom is -0.338 e. The second-order valence-corrected chi connectivity index (χ2v) is 1.93. The third kappa shape index (κ3) is 3.91. The highest BCUT2D eigenvalue weighted by Gasteiger charge is 1.83. The Morgan fingerprint density at radius 3 is 2.17 bits per heavy atom. The summed E-state index contributed by atoms with van der Waals surface area (Å²) in [7, 11) is 1.97. The van der Waals surface area contributed by atoms with Gasteiger partial charge in [0, 0.05) is 19.4 Å². The standard InChI is InChI=1S/C5H8N2.C2HN3/c1-5-6-3-4-7(5)2;3-1-5-2-4/h3-4H,1-2H3;5H. The topological polar surface area (TPSA) is 77.4 Å². The van der Waals surface area contributed by atoms with Crippen molar-refractivity contribution in [2.24, 2.45) is 7.05 Å². The third-order valence-electron chi connectivity index (χ3n) is 1.17. The van der Waals surface area contributed by atoms with Gasteiger partial charge >= 0.3 is 0 Å². The van der Waals surface area contributed by atoms with E-state index in [0.717, 1.165) is 5.82 Å². The monoisotopic (exact) mass is 163 g/mol. The Kier molecular flexibility index (Phi) is 4.79. The molecule has 1 aromatic rings. The number of imidazole rings is 1. The van der Waals surface area contributed by atoms with E-state index in [1.165, 1.54) is 12.4 Å². The van der Waals surface area contributed by atoms with E-state index < -0.39 is 0 Å². The fourth-order valence-electron chi connectivity index (χ4n) is 0.465. The van der Waals surface area contributed by atoms with E-state index in [0.29, 0.717) is 0 Å². The molecule has 0 aliphatic carbocycles. The summed E-state index contributed by atoms with van der Waals surface area (Å²) in [6, 6.07) is 0. The molecule has 0 amide bonds. The Morgan fingerprint density at radius 2 is 2.08 bits per heavy atom. The molecule has 0 fully saturated rings. The van der Waals surface area contributed by atoms with Crippen molar-refractivity contribution >= 4 is 0 Å². The summed E-state index contributed by atoms with van der Waals surface area (Å²) in [6.07, 6.45) is 6.53. The molecule has 1 rings (SSSR count). The Hall–Kier alpha value is -2.01. The molecule has 62 valence electrons. The minimum atomic E-state index is 1.06. The van der Waals surface area contributed by atoms with Gasteiger partial charge in [-0.15, -0.1) is 0 Å². The summed E-state index contributed by atoms with van der Waals surface area (Å²) in [5.41, 5.74) is 0.